The van der Waals surface area contributed by atoms with Crippen molar-refractivity contribution in [3.63, 3.8) is 0 Å². The Morgan fingerprint density at radius 3 is 2.50 bits per heavy atom. The van der Waals surface area contributed by atoms with Gasteiger partial charge in [-0.1, -0.05) is 30.0 Å². The standard InChI is InChI=1S/C18H12F2N2OS/c19-15-9-8-12(11-16(15)20)22-17(23)14-7-4-10-21-18(14)24-13-5-2-1-3-6-13/h1-11H,(H,22,23). The minimum atomic E-state index is -1.02. The van der Waals surface area contributed by atoms with Crippen LogP contribution in [0.1, 0.15) is 10.4 Å². The summed E-state index contributed by atoms with van der Waals surface area (Å²) in [6.07, 6.45) is 1.60. The number of halogens is 2. The number of carbonyl (C=O) groups excluding carboxylic acids is 1. The number of carbonyl (C=O) groups is 1. The maximum absolute atomic E-state index is 13.3. The van der Waals surface area contributed by atoms with Crippen molar-refractivity contribution in [1.82, 2.24) is 4.98 Å². The van der Waals surface area contributed by atoms with Gasteiger partial charge in [-0.05, 0) is 36.4 Å². The molecule has 2 aromatic carbocycles. The second-order valence-electron chi connectivity index (χ2n) is 4.85. The lowest BCUT2D eigenvalue weighted by molar-refractivity contribution is 0.102. The van der Waals surface area contributed by atoms with Crippen LogP contribution in [0.3, 0.4) is 0 Å². The molecular formula is C18H12F2N2OS. The summed E-state index contributed by atoms with van der Waals surface area (Å²) >= 11 is 1.35. The number of anilines is 1. The van der Waals surface area contributed by atoms with Crippen molar-refractivity contribution in [2.75, 3.05) is 5.32 Å². The highest BCUT2D eigenvalue weighted by atomic mass is 32.2. The van der Waals surface area contributed by atoms with E-state index in [0.29, 0.717) is 10.6 Å². The molecule has 0 bridgehead atoms. The van der Waals surface area contributed by atoms with Gasteiger partial charge in [-0.25, -0.2) is 13.8 Å². The van der Waals surface area contributed by atoms with Crippen LogP contribution in [-0.4, -0.2) is 10.9 Å². The molecule has 3 nitrogen and oxygen atoms in total. The average molecular weight is 342 g/mol. The van der Waals surface area contributed by atoms with Crippen molar-refractivity contribution in [3.8, 4) is 0 Å². The molecule has 120 valence electrons. The molecule has 0 aliphatic heterocycles. The summed E-state index contributed by atoms with van der Waals surface area (Å²) in [6, 6.07) is 16.0. The van der Waals surface area contributed by atoms with E-state index < -0.39 is 17.5 Å². The fourth-order valence-corrected chi connectivity index (χ4v) is 2.92. The molecule has 1 N–H and O–H groups in total. The van der Waals surface area contributed by atoms with Crippen LogP contribution in [0.15, 0.2) is 76.8 Å². The number of hydrogen-bond donors (Lipinski definition) is 1. The van der Waals surface area contributed by atoms with Crippen molar-refractivity contribution in [3.05, 3.63) is 84.1 Å². The molecule has 3 aromatic rings. The van der Waals surface area contributed by atoms with Gasteiger partial charge in [-0.2, -0.15) is 0 Å². The van der Waals surface area contributed by atoms with Crippen molar-refractivity contribution in [2.24, 2.45) is 0 Å². The monoisotopic (exact) mass is 342 g/mol. The van der Waals surface area contributed by atoms with E-state index in [1.165, 1.54) is 17.8 Å². The number of nitrogens with zero attached hydrogens (tertiary/aromatic N) is 1. The minimum absolute atomic E-state index is 0.179. The molecule has 0 aliphatic carbocycles. The Kier molecular flexibility index (Phi) is 4.86. The first-order chi connectivity index (χ1) is 11.6. The van der Waals surface area contributed by atoms with Crippen molar-refractivity contribution in [2.45, 2.75) is 9.92 Å². The molecule has 0 atom stereocenters. The van der Waals surface area contributed by atoms with Gasteiger partial charge in [0.15, 0.2) is 11.6 Å². The van der Waals surface area contributed by atoms with E-state index in [4.69, 9.17) is 0 Å². The van der Waals surface area contributed by atoms with Crippen LogP contribution in [0, 0.1) is 11.6 Å². The predicted octanol–water partition coefficient (Wildman–Crippen LogP) is 4.76. The third kappa shape index (κ3) is 3.78. The Bertz CT molecular complexity index is 872. The highest BCUT2D eigenvalue weighted by molar-refractivity contribution is 7.99. The van der Waals surface area contributed by atoms with Gasteiger partial charge in [0.1, 0.15) is 5.03 Å². The molecule has 0 saturated carbocycles. The van der Waals surface area contributed by atoms with Crippen LogP contribution in [0.4, 0.5) is 14.5 Å². The van der Waals surface area contributed by atoms with E-state index in [1.807, 2.05) is 30.3 Å². The van der Waals surface area contributed by atoms with Gasteiger partial charge in [0.2, 0.25) is 0 Å². The zero-order chi connectivity index (χ0) is 16.9. The smallest absolute Gasteiger partial charge is 0.258 e. The lowest BCUT2D eigenvalue weighted by Gasteiger charge is -2.09. The van der Waals surface area contributed by atoms with Crippen LogP contribution in [-0.2, 0) is 0 Å². The van der Waals surface area contributed by atoms with E-state index in [2.05, 4.69) is 10.3 Å². The SMILES string of the molecule is O=C(Nc1ccc(F)c(F)c1)c1cccnc1Sc1ccccc1. The zero-order valence-electron chi connectivity index (χ0n) is 12.4. The lowest BCUT2D eigenvalue weighted by atomic mass is 10.2. The zero-order valence-corrected chi connectivity index (χ0v) is 13.2. The van der Waals surface area contributed by atoms with E-state index in [0.717, 1.165) is 17.0 Å². The molecule has 0 fully saturated rings. The number of benzene rings is 2. The van der Waals surface area contributed by atoms with Gasteiger partial charge in [0.25, 0.3) is 5.91 Å². The summed E-state index contributed by atoms with van der Waals surface area (Å²) in [5.41, 5.74) is 0.537. The van der Waals surface area contributed by atoms with Crippen LogP contribution in [0.2, 0.25) is 0 Å². The molecule has 1 aromatic heterocycles. The van der Waals surface area contributed by atoms with Crippen LogP contribution >= 0.6 is 11.8 Å². The molecule has 1 heterocycles. The number of pyridine rings is 1. The molecule has 1 amide bonds. The number of aromatic nitrogens is 1. The molecule has 0 spiro atoms. The fourth-order valence-electron chi connectivity index (χ4n) is 2.02. The summed E-state index contributed by atoms with van der Waals surface area (Å²) in [5.74, 6) is -2.42. The first-order valence-corrected chi connectivity index (χ1v) is 7.89. The fraction of sp³-hybridized carbons (Fsp3) is 0. The second kappa shape index (κ2) is 7.23. The van der Waals surface area contributed by atoms with Gasteiger partial charge in [0, 0.05) is 22.8 Å². The Morgan fingerprint density at radius 2 is 1.75 bits per heavy atom. The number of amides is 1. The maximum Gasteiger partial charge on any atom is 0.258 e. The Labute approximate surface area is 141 Å². The van der Waals surface area contributed by atoms with Gasteiger partial charge < -0.3 is 5.32 Å². The molecule has 0 radical (unpaired) electrons. The van der Waals surface area contributed by atoms with Crippen LogP contribution < -0.4 is 5.32 Å². The first kappa shape index (κ1) is 16.1. The van der Waals surface area contributed by atoms with Gasteiger partial charge in [-0.15, -0.1) is 0 Å². The predicted molar refractivity (Wildman–Crippen MR) is 89.1 cm³/mol. The summed E-state index contributed by atoms with van der Waals surface area (Å²) < 4.78 is 26.2. The van der Waals surface area contributed by atoms with E-state index in [-0.39, 0.29) is 5.69 Å². The average Bonchev–Trinajstić information content (AvgIpc) is 2.59. The molecule has 0 aliphatic rings. The van der Waals surface area contributed by atoms with Crippen molar-refractivity contribution in [1.29, 1.82) is 0 Å². The highest BCUT2D eigenvalue weighted by Crippen LogP contribution is 2.28. The van der Waals surface area contributed by atoms with E-state index in [1.54, 1.807) is 18.3 Å². The summed E-state index contributed by atoms with van der Waals surface area (Å²) in [5, 5.41) is 3.08. The van der Waals surface area contributed by atoms with E-state index in [9.17, 15) is 13.6 Å². The third-order valence-electron chi connectivity index (χ3n) is 3.15. The normalized spacial score (nSPS) is 10.4. The number of hydrogen-bond acceptors (Lipinski definition) is 3. The number of rotatable bonds is 4. The molecule has 6 heteroatoms. The lowest BCUT2D eigenvalue weighted by Crippen LogP contribution is -2.13. The van der Waals surface area contributed by atoms with E-state index >= 15 is 0 Å². The van der Waals surface area contributed by atoms with Gasteiger partial charge >= 0.3 is 0 Å². The summed E-state index contributed by atoms with van der Waals surface area (Å²) in [7, 11) is 0. The summed E-state index contributed by atoms with van der Waals surface area (Å²) in [4.78, 5) is 17.6. The largest absolute Gasteiger partial charge is 0.322 e. The highest BCUT2D eigenvalue weighted by Gasteiger charge is 2.14. The maximum atomic E-state index is 13.3. The second-order valence-corrected chi connectivity index (χ2v) is 5.92. The molecular weight excluding hydrogens is 330 g/mol. The Hall–Kier alpha value is -2.73. The van der Waals surface area contributed by atoms with Crippen LogP contribution in [0.25, 0.3) is 0 Å². The quantitative estimate of drug-likeness (QED) is 0.743. The van der Waals surface area contributed by atoms with Crippen molar-refractivity contribution >= 4 is 23.4 Å². The molecule has 0 unspecified atom stereocenters. The molecule has 3 rings (SSSR count). The van der Waals surface area contributed by atoms with Crippen molar-refractivity contribution < 1.29 is 13.6 Å². The van der Waals surface area contributed by atoms with Crippen LogP contribution in [0.5, 0.6) is 0 Å². The Balaban J connectivity index is 1.83. The first-order valence-electron chi connectivity index (χ1n) is 7.08. The van der Waals surface area contributed by atoms with Gasteiger partial charge in [0.05, 0.1) is 5.56 Å². The van der Waals surface area contributed by atoms with Gasteiger partial charge in [-0.3, -0.25) is 4.79 Å². The molecule has 0 saturated heterocycles. The summed E-state index contributed by atoms with van der Waals surface area (Å²) in [6.45, 7) is 0. The Morgan fingerprint density at radius 1 is 0.958 bits per heavy atom. The third-order valence-corrected chi connectivity index (χ3v) is 4.18. The topological polar surface area (TPSA) is 42.0 Å². The minimum Gasteiger partial charge on any atom is -0.322 e. The molecule has 24 heavy (non-hydrogen) atoms. The number of nitrogens with one attached hydrogen (secondary N) is 1.